The molecule has 0 bridgehead atoms. The number of esters is 1. The molecule has 2 atom stereocenters. The third-order valence-electron chi connectivity index (χ3n) is 4.89. The summed E-state index contributed by atoms with van der Waals surface area (Å²) in [7, 11) is 0. The molecule has 1 rings (SSSR count). The van der Waals surface area contributed by atoms with Crippen molar-refractivity contribution in [1.29, 1.82) is 0 Å². The first-order chi connectivity index (χ1) is 18.8. The van der Waals surface area contributed by atoms with Crippen LogP contribution in [0.1, 0.15) is 60.5 Å². The molecule has 0 aliphatic heterocycles. The zero-order valence-electron chi connectivity index (χ0n) is 24.4. The number of carbonyl (C=O) groups excluding carboxylic acids is 4. The van der Waals surface area contributed by atoms with Crippen LogP contribution in [-0.2, 0) is 34.9 Å². The number of nitrogens with two attached hydrogens (primary N) is 1. The summed E-state index contributed by atoms with van der Waals surface area (Å²) in [6.07, 6.45) is -2.85. The monoisotopic (exact) mass is 569 g/mol. The molecule has 12 nitrogen and oxygen atoms in total. The van der Waals surface area contributed by atoms with E-state index in [1.165, 1.54) is 12.1 Å². The molecule has 0 radical (unpaired) electrons. The van der Waals surface area contributed by atoms with Crippen molar-refractivity contribution >= 4 is 24.4 Å². The molecule has 40 heavy (non-hydrogen) atoms. The van der Waals surface area contributed by atoms with Crippen LogP contribution >= 0.6 is 0 Å². The normalized spacial score (nSPS) is 12.5. The Bertz CT molecular complexity index is 962. The largest absolute Gasteiger partial charge is 0.513 e. The Labute approximate surface area is 235 Å². The molecule has 12 heteroatoms. The minimum atomic E-state index is -1.09. The van der Waals surface area contributed by atoms with Gasteiger partial charge in [-0.25, -0.2) is 14.4 Å². The Morgan fingerprint density at radius 3 is 1.82 bits per heavy atom. The van der Waals surface area contributed by atoms with Crippen LogP contribution in [0.25, 0.3) is 0 Å². The van der Waals surface area contributed by atoms with Gasteiger partial charge in [0, 0.05) is 0 Å². The third-order valence-corrected chi connectivity index (χ3v) is 4.89. The standard InChI is InChI=1S/C28H43NO11/c1-17(2)10-11-34-26(31)38-20(7)16-35-25(30)22(29)12-21-8-9-23(39-27(32)36-14-18(3)4)24(13-21)40-28(33)37-15-19(5)6/h8-9,13,17-20,22H,10-12,14-16,29H2,1-7H3/t20-,22-/m0/s1. The lowest BCUT2D eigenvalue weighted by molar-refractivity contribution is -0.148. The van der Waals surface area contributed by atoms with Crippen LogP contribution in [0, 0.1) is 17.8 Å². The average Bonchev–Trinajstić information content (AvgIpc) is 2.86. The van der Waals surface area contributed by atoms with Crippen LogP contribution in [0.15, 0.2) is 18.2 Å². The lowest BCUT2D eigenvalue weighted by Crippen LogP contribution is -2.36. The molecule has 0 heterocycles. The first kappa shape index (κ1) is 34.5. The molecule has 0 fully saturated rings. The third kappa shape index (κ3) is 15.2. The van der Waals surface area contributed by atoms with Gasteiger partial charge in [0.2, 0.25) is 0 Å². The maximum absolute atomic E-state index is 12.4. The second-order valence-corrected chi connectivity index (χ2v) is 10.5. The number of ether oxygens (including phenoxy) is 7. The Hall–Kier alpha value is -3.54. The van der Waals surface area contributed by atoms with Crippen LogP contribution in [0.3, 0.4) is 0 Å². The predicted molar refractivity (Wildman–Crippen MR) is 144 cm³/mol. The topological polar surface area (TPSA) is 159 Å². The van der Waals surface area contributed by atoms with Gasteiger partial charge in [-0.05, 0) is 55.2 Å². The molecular formula is C28H43NO11. The van der Waals surface area contributed by atoms with Crippen molar-refractivity contribution in [2.24, 2.45) is 23.5 Å². The SMILES string of the molecule is CC(C)CCOC(=O)O[C@@H](C)COC(=O)[C@@H](N)Cc1ccc(OC(=O)OCC(C)C)c(OC(=O)OCC(C)C)c1. The van der Waals surface area contributed by atoms with Gasteiger partial charge in [-0.1, -0.05) is 47.6 Å². The van der Waals surface area contributed by atoms with Gasteiger partial charge in [-0.3, -0.25) is 4.79 Å². The number of benzene rings is 1. The van der Waals surface area contributed by atoms with Crippen LogP contribution in [-0.4, -0.2) is 63.0 Å². The fourth-order valence-corrected chi connectivity index (χ4v) is 2.81. The molecule has 0 aromatic heterocycles. The fourth-order valence-electron chi connectivity index (χ4n) is 2.81. The fraction of sp³-hybridized carbons (Fsp3) is 0.643. The highest BCUT2D eigenvalue weighted by Gasteiger charge is 2.22. The van der Waals surface area contributed by atoms with E-state index in [0.29, 0.717) is 17.9 Å². The quantitative estimate of drug-likeness (QED) is 0.171. The Kier molecular flexibility index (Phi) is 15.5. The average molecular weight is 570 g/mol. The van der Waals surface area contributed by atoms with Crippen molar-refractivity contribution in [1.82, 2.24) is 0 Å². The van der Waals surface area contributed by atoms with E-state index in [0.717, 1.165) is 0 Å². The van der Waals surface area contributed by atoms with Crippen LogP contribution in [0.4, 0.5) is 14.4 Å². The lowest BCUT2D eigenvalue weighted by atomic mass is 10.1. The summed E-state index contributed by atoms with van der Waals surface area (Å²) >= 11 is 0. The van der Waals surface area contributed by atoms with Gasteiger partial charge in [0.05, 0.1) is 19.8 Å². The summed E-state index contributed by atoms with van der Waals surface area (Å²) in [5.41, 5.74) is 6.49. The van der Waals surface area contributed by atoms with Crippen molar-refractivity contribution in [3.8, 4) is 11.5 Å². The molecule has 0 spiro atoms. The van der Waals surface area contributed by atoms with E-state index in [9.17, 15) is 19.2 Å². The molecule has 0 saturated carbocycles. The van der Waals surface area contributed by atoms with E-state index >= 15 is 0 Å². The Balaban J connectivity index is 2.78. The van der Waals surface area contributed by atoms with E-state index in [2.05, 4.69) is 0 Å². The van der Waals surface area contributed by atoms with E-state index < -0.39 is 36.6 Å². The zero-order chi connectivity index (χ0) is 30.2. The van der Waals surface area contributed by atoms with Gasteiger partial charge in [0.25, 0.3) is 0 Å². The molecule has 1 aromatic rings. The molecule has 1 aromatic carbocycles. The number of hydrogen-bond acceptors (Lipinski definition) is 12. The highest BCUT2D eigenvalue weighted by Crippen LogP contribution is 2.30. The van der Waals surface area contributed by atoms with Crippen LogP contribution in [0.2, 0.25) is 0 Å². The second kappa shape index (κ2) is 17.9. The predicted octanol–water partition coefficient (Wildman–Crippen LogP) is 5.03. The van der Waals surface area contributed by atoms with Crippen LogP contribution < -0.4 is 15.2 Å². The van der Waals surface area contributed by atoms with E-state index in [1.807, 2.05) is 41.5 Å². The highest BCUT2D eigenvalue weighted by molar-refractivity contribution is 5.76. The minimum Gasteiger partial charge on any atom is -0.461 e. The highest BCUT2D eigenvalue weighted by atomic mass is 16.7. The van der Waals surface area contributed by atoms with Crippen molar-refractivity contribution in [2.75, 3.05) is 26.4 Å². The summed E-state index contributed by atoms with van der Waals surface area (Å²) in [6.45, 7) is 13.3. The van der Waals surface area contributed by atoms with Gasteiger partial charge in [0.15, 0.2) is 11.5 Å². The van der Waals surface area contributed by atoms with Gasteiger partial charge in [0.1, 0.15) is 18.8 Å². The zero-order valence-corrected chi connectivity index (χ0v) is 24.4. The van der Waals surface area contributed by atoms with Crippen molar-refractivity contribution in [3.63, 3.8) is 0 Å². The molecular weight excluding hydrogens is 526 g/mol. The molecule has 226 valence electrons. The first-order valence-electron chi connectivity index (χ1n) is 13.3. The minimum absolute atomic E-state index is 0.000787. The van der Waals surface area contributed by atoms with E-state index in [1.54, 1.807) is 13.0 Å². The molecule has 0 unspecified atom stereocenters. The maximum atomic E-state index is 12.4. The van der Waals surface area contributed by atoms with Crippen molar-refractivity contribution < 1.29 is 52.3 Å². The molecule has 2 N–H and O–H groups in total. The first-order valence-corrected chi connectivity index (χ1v) is 13.3. The maximum Gasteiger partial charge on any atom is 0.513 e. The van der Waals surface area contributed by atoms with E-state index in [-0.39, 0.29) is 56.2 Å². The van der Waals surface area contributed by atoms with Crippen LogP contribution in [0.5, 0.6) is 11.5 Å². The summed E-state index contributed by atoms with van der Waals surface area (Å²) in [6, 6.07) is 3.24. The Morgan fingerprint density at radius 2 is 1.27 bits per heavy atom. The number of carbonyl (C=O) groups is 4. The number of hydrogen-bond donors (Lipinski definition) is 1. The van der Waals surface area contributed by atoms with Gasteiger partial charge in [-0.2, -0.15) is 0 Å². The number of rotatable bonds is 15. The van der Waals surface area contributed by atoms with Crippen molar-refractivity contribution in [2.45, 2.75) is 73.5 Å². The summed E-state index contributed by atoms with van der Waals surface area (Å²) in [4.78, 5) is 48.4. The molecule has 0 amide bonds. The Morgan fingerprint density at radius 1 is 0.700 bits per heavy atom. The second-order valence-electron chi connectivity index (χ2n) is 10.5. The van der Waals surface area contributed by atoms with Crippen molar-refractivity contribution in [3.05, 3.63) is 23.8 Å². The molecule has 0 aliphatic carbocycles. The summed E-state index contributed by atoms with van der Waals surface area (Å²) < 4.78 is 35.7. The van der Waals surface area contributed by atoms with Gasteiger partial charge < -0.3 is 38.9 Å². The lowest BCUT2D eigenvalue weighted by Gasteiger charge is -2.17. The van der Waals surface area contributed by atoms with E-state index in [4.69, 9.17) is 38.9 Å². The van der Waals surface area contributed by atoms with Gasteiger partial charge >= 0.3 is 24.4 Å². The molecule has 0 saturated heterocycles. The summed E-state index contributed by atoms with van der Waals surface area (Å²) in [5.74, 6) is -0.388. The molecule has 0 aliphatic rings. The summed E-state index contributed by atoms with van der Waals surface area (Å²) in [5, 5.41) is 0. The van der Waals surface area contributed by atoms with Gasteiger partial charge in [-0.15, -0.1) is 0 Å². The smallest absolute Gasteiger partial charge is 0.461 e.